The predicted molar refractivity (Wildman–Crippen MR) is 108 cm³/mol. The van der Waals surface area contributed by atoms with Crippen LogP contribution in [0, 0.1) is 11.8 Å². The summed E-state index contributed by atoms with van der Waals surface area (Å²) in [5.74, 6) is 2.18. The van der Waals surface area contributed by atoms with Crippen LogP contribution < -0.4 is 16.0 Å². The number of carbonyl (C=O) groups excluding carboxylic acids is 1. The third-order valence-corrected chi connectivity index (χ3v) is 4.06. The lowest BCUT2D eigenvalue weighted by molar-refractivity contribution is -0.121. The Bertz CT molecular complexity index is 379. The normalized spacial score (nSPS) is 22.0. The van der Waals surface area contributed by atoms with E-state index in [4.69, 9.17) is 0 Å². The zero-order chi connectivity index (χ0) is 16.6. The molecule has 5 nitrogen and oxygen atoms in total. The number of aliphatic imine (C=N–C) groups is 1. The van der Waals surface area contributed by atoms with E-state index in [9.17, 15) is 4.79 Å². The van der Waals surface area contributed by atoms with Crippen LogP contribution in [0.2, 0.25) is 0 Å². The van der Waals surface area contributed by atoms with E-state index in [-0.39, 0.29) is 42.0 Å². The van der Waals surface area contributed by atoms with Crippen molar-refractivity contribution in [2.45, 2.75) is 65.8 Å². The van der Waals surface area contributed by atoms with Crippen molar-refractivity contribution in [2.24, 2.45) is 16.8 Å². The van der Waals surface area contributed by atoms with Crippen molar-refractivity contribution >= 4 is 35.8 Å². The lowest BCUT2D eigenvalue weighted by atomic mass is 9.80. The maximum atomic E-state index is 11.9. The molecule has 0 aromatic heterocycles. The van der Waals surface area contributed by atoms with Crippen LogP contribution in [0.15, 0.2) is 4.99 Å². The first-order valence-electron chi connectivity index (χ1n) is 8.65. The topological polar surface area (TPSA) is 65.5 Å². The maximum absolute atomic E-state index is 11.9. The molecule has 2 atom stereocenters. The number of rotatable bonds is 5. The van der Waals surface area contributed by atoms with Crippen LogP contribution in [0.1, 0.15) is 60.3 Å². The third-order valence-electron chi connectivity index (χ3n) is 4.06. The Labute approximate surface area is 158 Å². The summed E-state index contributed by atoms with van der Waals surface area (Å²) < 4.78 is 0. The molecule has 2 unspecified atom stereocenters. The fourth-order valence-corrected chi connectivity index (χ4v) is 2.87. The lowest BCUT2D eigenvalue weighted by Crippen LogP contribution is -2.44. The zero-order valence-corrected chi connectivity index (χ0v) is 17.7. The molecule has 1 rings (SSSR count). The molecule has 0 aromatic rings. The first-order valence-corrected chi connectivity index (χ1v) is 8.65. The van der Waals surface area contributed by atoms with Gasteiger partial charge in [0.15, 0.2) is 5.96 Å². The molecule has 1 aliphatic rings. The van der Waals surface area contributed by atoms with Crippen LogP contribution in [0.4, 0.5) is 0 Å². The van der Waals surface area contributed by atoms with Gasteiger partial charge in [-0.05, 0) is 46.0 Å². The zero-order valence-electron chi connectivity index (χ0n) is 15.4. The summed E-state index contributed by atoms with van der Waals surface area (Å²) >= 11 is 0. The summed E-state index contributed by atoms with van der Waals surface area (Å²) in [4.78, 5) is 16.2. The molecule has 0 aromatic carbocycles. The van der Waals surface area contributed by atoms with E-state index in [0.717, 1.165) is 25.0 Å². The minimum atomic E-state index is -0.212. The van der Waals surface area contributed by atoms with Crippen LogP contribution in [0.3, 0.4) is 0 Å². The minimum Gasteiger partial charge on any atom is -0.357 e. The second-order valence-corrected chi connectivity index (χ2v) is 7.40. The first-order chi connectivity index (χ1) is 10.3. The fourth-order valence-electron chi connectivity index (χ4n) is 2.87. The quantitative estimate of drug-likeness (QED) is 0.351. The van der Waals surface area contributed by atoms with Crippen LogP contribution >= 0.6 is 24.0 Å². The largest absolute Gasteiger partial charge is 0.357 e. The van der Waals surface area contributed by atoms with Gasteiger partial charge in [0.1, 0.15) is 6.54 Å². The highest BCUT2D eigenvalue weighted by atomic mass is 127. The highest BCUT2D eigenvalue weighted by molar-refractivity contribution is 14.0. The molecule has 136 valence electrons. The average Bonchev–Trinajstić information content (AvgIpc) is 2.41. The second-order valence-electron chi connectivity index (χ2n) is 7.40. The number of guanidine groups is 1. The van der Waals surface area contributed by atoms with E-state index < -0.39 is 0 Å². The molecule has 6 heteroatoms. The van der Waals surface area contributed by atoms with Gasteiger partial charge in [-0.1, -0.05) is 26.2 Å². The number of nitrogens with one attached hydrogen (secondary N) is 3. The second kappa shape index (κ2) is 11.1. The summed E-state index contributed by atoms with van der Waals surface area (Å²) in [6, 6.07) is 0. The SMILES string of the molecule is CCNC(=NCC(=O)NC(C)(C)C)NCC1CCCCC1C.I. The van der Waals surface area contributed by atoms with E-state index in [2.05, 4.69) is 27.9 Å². The van der Waals surface area contributed by atoms with Gasteiger partial charge in [0.2, 0.25) is 5.91 Å². The summed E-state index contributed by atoms with van der Waals surface area (Å²) in [6.45, 7) is 12.2. The molecule has 1 aliphatic carbocycles. The van der Waals surface area contributed by atoms with Crippen molar-refractivity contribution in [3.8, 4) is 0 Å². The molecule has 0 saturated heterocycles. The van der Waals surface area contributed by atoms with Crippen molar-refractivity contribution in [1.29, 1.82) is 0 Å². The number of nitrogens with zero attached hydrogens (tertiary/aromatic N) is 1. The molecule has 1 fully saturated rings. The highest BCUT2D eigenvalue weighted by Gasteiger charge is 2.21. The van der Waals surface area contributed by atoms with Gasteiger partial charge in [0.25, 0.3) is 0 Å². The summed E-state index contributed by atoms with van der Waals surface area (Å²) in [7, 11) is 0. The Kier molecular flexibility index (Phi) is 10.8. The van der Waals surface area contributed by atoms with E-state index in [1.54, 1.807) is 0 Å². The van der Waals surface area contributed by atoms with Crippen LogP contribution in [-0.2, 0) is 4.79 Å². The molecule has 3 N–H and O–H groups in total. The predicted octanol–water partition coefficient (Wildman–Crippen LogP) is 2.90. The van der Waals surface area contributed by atoms with Gasteiger partial charge in [0.05, 0.1) is 0 Å². The number of hydrogen-bond acceptors (Lipinski definition) is 2. The summed E-state index contributed by atoms with van der Waals surface area (Å²) in [5.41, 5.74) is -0.212. The maximum Gasteiger partial charge on any atom is 0.242 e. The van der Waals surface area contributed by atoms with Crippen molar-refractivity contribution in [3.63, 3.8) is 0 Å². The van der Waals surface area contributed by atoms with E-state index in [1.807, 2.05) is 27.7 Å². The van der Waals surface area contributed by atoms with Gasteiger partial charge in [-0.25, -0.2) is 4.99 Å². The highest BCUT2D eigenvalue weighted by Crippen LogP contribution is 2.28. The van der Waals surface area contributed by atoms with Crippen molar-refractivity contribution < 1.29 is 4.79 Å². The number of amides is 1. The van der Waals surface area contributed by atoms with Crippen LogP contribution in [-0.4, -0.2) is 37.0 Å². The van der Waals surface area contributed by atoms with Crippen LogP contribution in [0.5, 0.6) is 0 Å². The monoisotopic (exact) mass is 438 g/mol. The van der Waals surface area contributed by atoms with Gasteiger partial charge >= 0.3 is 0 Å². The molecule has 0 radical (unpaired) electrons. The van der Waals surface area contributed by atoms with Crippen molar-refractivity contribution in [1.82, 2.24) is 16.0 Å². The number of hydrogen-bond donors (Lipinski definition) is 3. The Hall–Kier alpha value is -0.530. The van der Waals surface area contributed by atoms with Gasteiger partial charge in [0, 0.05) is 18.6 Å². The minimum absolute atomic E-state index is 0. The first kappa shape index (κ1) is 22.5. The van der Waals surface area contributed by atoms with Crippen molar-refractivity contribution in [3.05, 3.63) is 0 Å². The summed E-state index contributed by atoms with van der Waals surface area (Å²) in [5, 5.41) is 9.54. The molecule has 0 spiro atoms. The van der Waals surface area contributed by atoms with Gasteiger partial charge in [-0.3, -0.25) is 4.79 Å². The smallest absolute Gasteiger partial charge is 0.242 e. The Morgan fingerprint density at radius 3 is 2.39 bits per heavy atom. The summed E-state index contributed by atoms with van der Waals surface area (Å²) in [6.07, 6.45) is 5.31. The molecule has 0 bridgehead atoms. The molecule has 0 heterocycles. The molecular formula is C17H35IN4O. The third kappa shape index (κ3) is 10.0. The molecular weight excluding hydrogens is 403 g/mol. The Morgan fingerprint density at radius 2 is 1.83 bits per heavy atom. The van der Waals surface area contributed by atoms with Gasteiger partial charge < -0.3 is 16.0 Å². The van der Waals surface area contributed by atoms with Crippen LogP contribution in [0.25, 0.3) is 0 Å². The molecule has 0 aliphatic heterocycles. The molecule has 23 heavy (non-hydrogen) atoms. The number of carbonyl (C=O) groups is 1. The Balaban J connectivity index is 0.00000484. The van der Waals surface area contributed by atoms with E-state index in [0.29, 0.717) is 5.92 Å². The van der Waals surface area contributed by atoms with E-state index >= 15 is 0 Å². The standard InChI is InChI=1S/C17H34N4O.HI/c1-6-18-16(20-12-15(22)21-17(3,4)5)19-11-14-10-8-7-9-13(14)2;/h13-14H,6-12H2,1-5H3,(H,21,22)(H2,18,19,20);1H. The Morgan fingerprint density at radius 1 is 1.17 bits per heavy atom. The van der Waals surface area contributed by atoms with Crippen molar-refractivity contribution in [2.75, 3.05) is 19.6 Å². The average molecular weight is 438 g/mol. The van der Waals surface area contributed by atoms with Gasteiger partial charge in [-0.15, -0.1) is 24.0 Å². The van der Waals surface area contributed by atoms with E-state index in [1.165, 1.54) is 25.7 Å². The molecule has 1 amide bonds. The van der Waals surface area contributed by atoms with Gasteiger partial charge in [-0.2, -0.15) is 0 Å². The fraction of sp³-hybridized carbons (Fsp3) is 0.882. The lowest BCUT2D eigenvalue weighted by Gasteiger charge is -2.29. The number of halogens is 1. The molecule has 1 saturated carbocycles.